The third kappa shape index (κ3) is 3.77. The molecule has 2 rings (SSSR count). The lowest BCUT2D eigenvalue weighted by atomic mass is 9.90. The first-order valence-corrected chi connectivity index (χ1v) is 7.84. The molecule has 4 nitrogen and oxygen atoms in total. The van der Waals surface area contributed by atoms with Crippen molar-refractivity contribution in [2.75, 3.05) is 11.9 Å². The second-order valence-electron chi connectivity index (χ2n) is 5.41. The Labute approximate surface area is 142 Å². The average molecular weight is 329 g/mol. The molecule has 0 heterocycles. The van der Waals surface area contributed by atoms with Gasteiger partial charge in [0.1, 0.15) is 11.7 Å². The number of aliphatic imine (C=N–C) groups is 1. The van der Waals surface area contributed by atoms with Gasteiger partial charge in [-0.05, 0) is 32.4 Å². The monoisotopic (exact) mass is 328 g/mol. The number of nitrogens with one attached hydrogen (secondary N) is 2. The van der Waals surface area contributed by atoms with Gasteiger partial charge < -0.3 is 5.41 Å². The number of benzene rings is 1. The second kappa shape index (κ2) is 7.38. The van der Waals surface area contributed by atoms with Crippen LogP contribution in [0.25, 0.3) is 0 Å². The largest absolute Gasteiger partial charge is 0.304 e. The van der Waals surface area contributed by atoms with E-state index >= 15 is 0 Å². The van der Waals surface area contributed by atoms with E-state index in [-0.39, 0.29) is 5.92 Å². The van der Waals surface area contributed by atoms with Gasteiger partial charge in [-0.15, -0.1) is 0 Å². The number of para-hydroxylation sites is 1. The Morgan fingerprint density at radius 3 is 2.52 bits per heavy atom. The highest BCUT2D eigenvalue weighted by atomic mass is 35.5. The zero-order valence-corrected chi connectivity index (χ0v) is 14.4. The summed E-state index contributed by atoms with van der Waals surface area (Å²) in [6.07, 6.45) is 6.45. The quantitative estimate of drug-likeness (QED) is 0.618. The van der Waals surface area contributed by atoms with Crippen molar-refractivity contribution in [2.45, 2.75) is 20.3 Å². The zero-order valence-electron chi connectivity index (χ0n) is 13.6. The molecule has 1 aromatic carbocycles. The van der Waals surface area contributed by atoms with E-state index in [1.54, 1.807) is 18.9 Å². The Bertz CT molecular complexity index is 715. The van der Waals surface area contributed by atoms with Crippen LogP contribution >= 0.6 is 11.6 Å². The predicted octanol–water partition coefficient (Wildman–Crippen LogP) is 4.61. The van der Waals surface area contributed by atoms with E-state index in [0.717, 1.165) is 17.1 Å². The molecule has 1 aliphatic rings. The topological polar surface area (TPSA) is 63.3 Å². The van der Waals surface area contributed by atoms with Gasteiger partial charge in [0.05, 0.1) is 5.69 Å². The number of rotatable bonds is 3. The summed E-state index contributed by atoms with van der Waals surface area (Å²) in [5, 5.41) is 17.4. The smallest absolute Gasteiger partial charge is 0.105 e. The molecule has 0 spiro atoms. The molecule has 1 aromatic rings. The normalized spacial score (nSPS) is 17.7. The van der Waals surface area contributed by atoms with Crippen LogP contribution in [-0.2, 0) is 0 Å². The van der Waals surface area contributed by atoms with Crippen LogP contribution in [0.1, 0.15) is 25.8 Å². The maximum atomic E-state index is 8.60. The number of nitrogens with zero attached hydrogens (tertiary/aromatic N) is 2. The van der Waals surface area contributed by atoms with Gasteiger partial charge in [0.2, 0.25) is 0 Å². The molecule has 23 heavy (non-hydrogen) atoms. The van der Waals surface area contributed by atoms with E-state index in [2.05, 4.69) is 4.99 Å². The lowest BCUT2D eigenvalue weighted by molar-refractivity contribution is 0.860. The fourth-order valence-electron chi connectivity index (χ4n) is 2.60. The van der Waals surface area contributed by atoms with Crippen LogP contribution in [0.2, 0.25) is 0 Å². The molecule has 1 atom stereocenters. The molecule has 0 radical (unpaired) electrons. The lowest BCUT2D eigenvalue weighted by Crippen LogP contribution is -2.34. The summed E-state index contributed by atoms with van der Waals surface area (Å²) in [6, 6.07) is 7.67. The minimum absolute atomic E-state index is 0.00888. The van der Waals surface area contributed by atoms with Crippen molar-refractivity contribution in [1.82, 2.24) is 0 Å². The van der Waals surface area contributed by atoms with Crippen molar-refractivity contribution in [3.05, 3.63) is 53.1 Å². The fourth-order valence-corrected chi connectivity index (χ4v) is 2.76. The van der Waals surface area contributed by atoms with Crippen molar-refractivity contribution in [1.29, 1.82) is 10.8 Å². The molecule has 2 N–H and O–H groups in total. The minimum Gasteiger partial charge on any atom is -0.304 e. The Balaban J connectivity index is 2.43. The van der Waals surface area contributed by atoms with Crippen LogP contribution in [0.15, 0.2) is 52.5 Å². The second-order valence-corrected chi connectivity index (χ2v) is 5.85. The van der Waals surface area contributed by atoms with Gasteiger partial charge in [0.25, 0.3) is 0 Å². The Hall–Kier alpha value is -2.20. The molecule has 0 saturated heterocycles. The summed E-state index contributed by atoms with van der Waals surface area (Å²) in [7, 11) is 1.70. The Kier molecular flexibility index (Phi) is 5.50. The van der Waals surface area contributed by atoms with Crippen molar-refractivity contribution in [3.8, 4) is 0 Å². The van der Waals surface area contributed by atoms with Crippen LogP contribution in [0, 0.1) is 16.7 Å². The standard InChI is InChI=1S/C18H21ClN4/c1-12(20)23(13(2)22-3)17-7-5-4-6-16(17)18(21)14-8-10-15(19)11-9-14/h4-8,10-11,14,20-21H,9H2,1-3H3. The number of hydrogen-bond acceptors (Lipinski definition) is 3. The van der Waals surface area contributed by atoms with E-state index in [9.17, 15) is 0 Å². The van der Waals surface area contributed by atoms with Gasteiger partial charge in [-0.25, -0.2) is 0 Å². The number of allylic oxidation sites excluding steroid dienone is 4. The molecular weight excluding hydrogens is 308 g/mol. The average Bonchev–Trinajstić information content (AvgIpc) is 2.55. The SMILES string of the molecule is CN=C(C)N(C(C)=N)c1ccccc1C(=N)C1C=CC(Cl)=CC1. The zero-order chi connectivity index (χ0) is 17.0. The first-order chi connectivity index (χ1) is 11.0. The van der Waals surface area contributed by atoms with Gasteiger partial charge in [-0.2, -0.15) is 0 Å². The maximum absolute atomic E-state index is 8.60. The lowest BCUT2D eigenvalue weighted by Gasteiger charge is -2.27. The van der Waals surface area contributed by atoms with Crippen molar-refractivity contribution in [2.24, 2.45) is 10.9 Å². The summed E-state index contributed by atoms with van der Waals surface area (Å²) >= 11 is 5.97. The summed E-state index contributed by atoms with van der Waals surface area (Å²) in [5.41, 5.74) is 2.14. The molecule has 5 heteroatoms. The van der Waals surface area contributed by atoms with Crippen LogP contribution < -0.4 is 4.90 Å². The molecule has 0 fully saturated rings. The van der Waals surface area contributed by atoms with Gasteiger partial charge in [-0.1, -0.05) is 42.0 Å². The highest BCUT2D eigenvalue weighted by molar-refractivity contribution is 6.31. The van der Waals surface area contributed by atoms with E-state index in [4.69, 9.17) is 22.4 Å². The van der Waals surface area contributed by atoms with Gasteiger partial charge in [-0.3, -0.25) is 15.3 Å². The van der Waals surface area contributed by atoms with Crippen LogP contribution in [0.4, 0.5) is 5.69 Å². The van der Waals surface area contributed by atoms with E-state index in [1.807, 2.05) is 49.4 Å². The third-order valence-corrected chi connectivity index (χ3v) is 4.12. The molecule has 0 bridgehead atoms. The van der Waals surface area contributed by atoms with Crippen molar-refractivity contribution in [3.63, 3.8) is 0 Å². The summed E-state index contributed by atoms with van der Waals surface area (Å²) in [6.45, 7) is 3.58. The number of anilines is 1. The van der Waals surface area contributed by atoms with Crippen LogP contribution in [-0.4, -0.2) is 24.4 Å². The minimum atomic E-state index is -0.00888. The molecule has 1 aliphatic carbocycles. The highest BCUT2D eigenvalue weighted by Crippen LogP contribution is 2.28. The number of halogens is 1. The molecule has 120 valence electrons. The number of amidine groups is 2. The first kappa shape index (κ1) is 17.2. The highest BCUT2D eigenvalue weighted by Gasteiger charge is 2.22. The van der Waals surface area contributed by atoms with Gasteiger partial charge >= 0.3 is 0 Å². The molecule has 0 saturated carbocycles. The maximum Gasteiger partial charge on any atom is 0.105 e. The van der Waals surface area contributed by atoms with Crippen LogP contribution in [0.3, 0.4) is 0 Å². The first-order valence-electron chi connectivity index (χ1n) is 7.46. The molecular formula is C18H21ClN4. The molecule has 0 aromatic heterocycles. The van der Waals surface area contributed by atoms with Gasteiger partial charge in [0.15, 0.2) is 0 Å². The van der Waals surface area contributed by atoms with E-state index in [0.29, 0.717) is 23.0 Å². The Morgan fingerprint density at radius 2 is 1.96 bits per heavy atom. The van der Waals surface area contributed by atoms with Crippen LogP contribution in [0.5, 0.6) is 0 Å². The van der Waals surface area contributed by atoms with Crippen molar-refractivity contribution >= 4 is 34.7 Å². The molecule has 0 aliphatic heterocycles. The van der Waals surface area contributed by atoms with E-state index < -0.39 is 0 Å². The molecule has 1 unspecified atom stereocenters. The summed E-state index contributed by atoms with van der Waals surface area (Å²) < 4.78 is 0. The summed E-state index contributed by atoms with van der Waals surface area (Å²) in [5.74, 6) is 1.08. The van der Waals surface area contributed by atoms with Gasteiger partial charge in [0, 0.05) is 29.3 Å². The van der Waals surface area contributed by atoms with E-state index in [1.165, 1.54) is 0 Å². The summed E-state index contributed by atoms with van der Waals surface area (Å²) in [4.78, 5) is 5.96. The van der Waals surface area contributed by atoms with Crippen molar-refractivity contribution < 1.29 is 0 Å². The number of hydrogen-bond donors (Lipinski definition) is 2. The third-order valence-electron chi connectivity index (χ3n) is 3.84. The fraction of sp³-hybridized carbons (Fsp3) is 0.278. The predicted molar refractivity (Wildman–Crippen MR) is 99.4 cm³/mol. The Morgan fingerprint density at radius 1 is 1.26 bits per heavy atom. The molecule has 0 amide bonds.